The average Bonchev–Trinajstić information content (AvgIpc) is 2.64. The molecule has 0 radical (unpaired) electrons. The Hall–Kier alpha value is -1.92. The van der Waals surface area contributed by atoms with E-state index in [1.165, 1.54) is 19.2 Å². The number of nitrogens with two attached hydrogens (primary N) is 1. The molecule has 1 aliphatic heterocycles. The van der Waals surface area contributed by atoms with Gasteiger partial charge in [-0.25, -0.2) is 0 Å². The number of rotatable bonds is 4. The zero-order valence-electron chi connectivity index (χ0n) is 11.0. The fourth-order valence-electron chi connectivity index (χ4n) is 1.91. The van der Waals surface area contributed by atoms with E-state index in [1.807, 2.05) is 0 Å². The molecule has 6 nitrogen and oxygen atoms in total. The lowest BCUT2D eigenvalue weighted by Gasteiger charge is -2.05. The first-order valence-electron chi connectivity index (χ1n) is 6.01. The standard InChI is InChI=1S/C13H15N3O3.ClH/c1-16-12(18)9-4-3-8(7-10(9)13(16)19)11(17)15-6-2-5-14;/h3-4,7H,2,5-6,14H2,1H3,(H,15,17);1H. The number of fused-ring (bicyclic) bond motifs is 1. The molecule has 3 amide bonds. The van der Waals surface area contributed by atoms with Crippen molar-refractivity contribution in [3.8, 4) is 0 Å². The van der Waals surface area contributed by atoms with Crippen molar-refractivity contribution in [2.75, 3.05) is 20.1 Å². The summed E-state index contributed by atoms with van der Waals surface area (Å²) in [5.74, 6) is -0.988. The lowest BCUT2D eigenvalue weighted by molar-refractivity contribution is 0.0693. The van der Waals surface area contributed by atoms with Crippen LogP contribution in [0.4, 0.5) is 0 Å². The highest BCUT2D eigenvalue weighted by molar-refractivity contribution is 6.21. The number of hydrogen-bond donors (Lipinski definition) is 2. The molecule has 0 aliphatic carbocycles. The Balaban J connectivity index is 0.00000200. The predicted molar refractivity (Wildman–Crippen MR) is 76.1 cm³/mol. The third kappa shape index (κ3) is 2.81. The molecule has 0 fully saturated rings. The largest absolute Gasteiger partial charge is 0.352 e. The Morgan fingerprint density at radius 1 is 1.25 bits per heavy atom. The molecule has 1 aliphatic rings. The minimum atomic E-state index is -0.378. The number of nitrogens with zero attached hydrogens (tertiary/aromatic N) is 1. The molecule has 7 heteroatoms. The number of nitrogens with one attached hydrogen (secondary N) is 1. The van der Waals surface area contributed by atoms with Gasteiger partial charge in [-0.1, -0.05) is 0 Å². The highest BCUT2D eigenvalue weighted by Gasteiger charge is 2.33. The monoisotopic (exact) mass is 297 g/mol. The van der Waals surface area contributed by atoms with E-state index in [0.717, 1.165) is 4.90 Å². The lowest BCUT2D eigenvalue weighted by atomic mass is 10.1. The normalized spacial score (nSPS) is 13.0. The second-order valence-corrected chi connectivity index (χ2v) is 4.33. The topological polar surface area (TPSA) is 92.5 Å². The Morgan fingerprint density at radius 3 is 2.55 bits per heavy atom. The number of benzene rings is 1. The smallest absolute Gasteiger partial charge is 0.261 e. The summed E-state index contributed by atoms with van der Waals surface area (Å²) >= 11 is 0. The van der Waals surface area contributed by atoms with Crippen molar-refractivity contribution in [3.63, 3.8) is 0 Å². The van der Waals surface area contributed by atoms with Crippen LogP contribution in [0.3, 0.4) is 0 Å². The number of imide groups is 1. The van der Waals surface area contributed by atoms with Gasteiger partial charge in [0, 0.05) is 19.2 Å². The maximum absolute atomic E-state index is 11.8. The van der Waals surface area contributed by atoms with E-state index >= 15 is 0 Å². The van der Waals surface area contributed by atoms with Gasteiger partial charge >= 0.3 is 0 Å². The maximum atomic E-state index is 11.8. The van der Waals surface area contributed by atoms with Gasteiger partial charge in [0.25, 0.3) is 17.7 Å². The van der Waals surface area contributed by atoms with E-state index < -0.39 is 0 Å². The second-order valence-electron chi connectivity index (χ2n) is 4.33. The van der Waals surface area contributed by atoms with Crippen LogP contribution in [0.1, 0.15) is 37.5 Å². The Bertz CT molecular complexity index is 560. The number of amides is 3. The zero-order chi connectivity index (χ0) is 14.0. The van der Waals surface area contributed by atoms with E-state index in [-0.39, 0.29) is 35.7 Å². The highest BCUT2D eigenvalue weighted by Crippen LogP contribution is 2.22. The van der Waals surface area contributed by atoms with Crippen LogP contribution in [0.15, 0.2) is 18.2 Å². The van der Waals surface area contributed by atoms with Crippen LogP contribution in [-0.4, -0.2) is 42.8 Å². The number of carbonyl (C=O) groups is 3. The van der Waals surface area contributed by atoms with Gasteiger partial charge in [0.2, 0.25) is 0 Å². The van der Waals surface area contributed by atoms with Gasteiger partial charge in [-0.3, -0.25) is 19.3 Å². The molecule has 0 spiro atoms. The summed E-state index contributed by atoms with van der Waals surface area (Å²) in [6.45, 7) is 0.988. The van der Waals surface area contributed by atoms with E-state index in [4.69, 9.17) is 5.73 Å². The van der Waals surface area contributed by atoms with Crippen molar-refractivity contribution in [2.45, 2.75) is 6.42 Å². The number of hydrogen-bond acceptors (Lipinski definition) is 4. The fourth-order valence-corrected chi connectivity index (χ4v) is 1.91. The molecule has 3 N–H and O–H groups in total. The van der Waals surface area contributed by atoms with Gasteiger partial charge in [0.15, 0.2) is 0 Å². The van der Waals surface area contributed by atoms with Gasteiger partial charge < -0.3 is 11.1 Å². The molecule has 0 unspecified atom stereocenters. The van der Waals surface area contributed by atoms with Crippen LogP contribution in [-0.2, 0) is 0 Å². The van der Waals surface area contributed by atoms with Crippen molar-refractivity contribution in [3.05, 3.63) is 34.9 Å². The summed E-state index contributed by atoms with van der Waals surface area (Å²) in [6.07, 6.45) is 0.691. The molecule has 0 saturated carbocycles. The Morgan fingerprint density at radius 2 is 1.90 bits per heavy atom. The second kappa shape index (κ2) is 6.49. The molecule has 1 aromatic carbocycles. The summed E-state index contributed by atoms with van der Waals surface area (Å²) in [4.78, 5) is 36.4. The van der Waals surface area contributed by atoms with Crippen LogP contribution < -0.4 is 11.1 Å². The highest BCUT2D eigenvalue weighted by atomic mass is 35.5. The molecular formula is C13H16ClN3O3. The molecular weight excluding hydrogens is 282 g/mol. The van der Waals surface area contributed by atoms with Crippen LogP contribution in [0.25, 0.3) is 0 Å². The number of carbonyl (C=O) groups excluding carboxylic acids is 3. The third-order valence-corrected chi connectivity index (χ3v) is 3.02. The molecule has 0 atom stereocenters. The van der Waals surface area contributed by atoms with Gasteiger partial charge in [0.1, 0.15) is 0 Å². The van der Waals surface area contributed by atoms with Crippen LogP contribution in [0, 0.1) is 0 Å². The predicted octanol–water partition coefficient (Wildman–Crippen LogP) is 0.413. The van der Waals surface area contributed by atoms with Gasteiger partial charge in [-0.2, -0.15) is 0 Å². The molecule has 108 valence electrons. The first-order valence-corrected chi connectivity index (χ1v) is 6.01. The van der Waals surface area contributed by atoms with Crippen molar-refractivity contribution in [1.29, 1.82) is 0 Å². The quantitative estimate of drug-likeness (QED) is 0.622. The molecule has 20 heavy (non-hydrogen) atoms. The maximum Gasteiger partial charge on any atom is 0.261 e. The lowest BCUT2D eigenvalue weighted by Crippen LogP contribution is -2.26. The minimum absolute atomic E-state index is 0. The Kier molecular flexibility index (Phi) is 5.24. The fraction of sp³-hybridized carbons (Fsp3) is 0.308. The van der Waals surface area contributed by atoms with Crippen LogP contribution in [0.5, 0.6) is 0 Å². The summed E-state index contributed by atoms with van der Waals surface area (Å²) < 4.78 is 0. The van der Waals surface area contributed by atoms with Crippen molar-refractivity contribution < 1.29 is 14.4 Å². The third-order valence-electron chi connectivity index (χ3n) is 3.02. The molecule has 0 aromatic heterocycles. The van der Waals surface area contributed by atoms with Gasteiger partial charge in [0.05, 0.1) is 11.1 Å². The first-order chi connectivity index (χ1) is 9.06. The van der Waals surface area contributed by atoms with E-state index in [9.17, 15) is 14.4 Å². The van der Waals surface area contributed by atoms with E-state index in [0.29, 0.717) is 30.6 Å². The average molecular weight is 298 g/mol. The summed E-state index contributed by atoms with van der Waals surface area (Å²) in [5.41, 5.74) is 6.32. The first kappa shape index (κ1) is 16.1. The summed E-state index contributed by atoms with van der Waals surface area (Å²) in [6, 6.07) is 4.51. The van der Waals surface area contributed by atoms with Crippen LogP contribution in [0.2, 0.25) is 0 Å². The summed E-state index contributed by atoms with van der Waals surface area (Å²) in [7, 11) is 1.42. The Labute approximate surface area is 122 Å². The zero-order valence-corrected chi connectivity index (χ0v) is 11.8. The van der Waals surface area contributed by atoms with Gasteiger partial charge in [-0.05, 0) is 31.2 Å². The van der Waals surface area contributed by atoms with Crippen molar-refractivity contribution in [1.82, 2.24) is 10.2 Å². The molecule has 0 bridgehead atoms. The SMILES string of the molecule is CN1C(=O)c2ccc(C(=O)NCCCN)cc2C1=O.Cl. The van der Waals surface area contributed by atoms with Gasteiger partial charge in [-0.15, -0.1) is 12.4 Å². The molecule has 1 aromatic rings. The van der Waals surface area contributed by atoms with E-state index in [2.05, 4.69) is 5.32 Å². The van der Waals surface area contributed by atoms with Crippen molar-refractivity contribution in [2.24, 2.45) is 5.73 Å². The minimum Gasteiger partial charge on any atom is -0.352 e. The molecule has 0 saturated heterocycles. The van der Waals surface area contributed by atoms with Crippen molar-refractivity contribution >= 4 is 30.1 Å². The molecule has 1 heterocycles. The van der Waals surface area contributed by atoms with Crippen LogP contribution >= 0.6 is 12.4 Å². The summed E-state index contributed by atoms with van der Waals surface area (Å²) in [5, 5.41) is 2.70. The number of halogens is 1. The van der Waals surface area contributed by atoms with E-state index in [1.54, 1.807) is 6.07 Å². The molecule has 2 rings (SSSR count).